The summed E-state index contributed by atoms with van der Waals surface area (Å²) < 4.78 is 0.0810. The van der Waals surface area contributed by atoms with Crippen LogP contribution in [0.2, 0.25) is 0 Å². The largest absolute Gasteiger partial charge is 0.343 e. The predicted molar refractivity (Wildman–Crippen MR) is 69.0 cm³/mol. The van der Waals surface area contributed by atoms with E-state index in [1.54, 1.807) is 0 Å². The molecular formula is C9H15NO2S3. The summed E-state index contributed by atoms with van der Waals surface area (Å²) in [5, 5.41) is 2.74. The minimum Gasteiger partial charge on any atom is -0.343 e. The number of nitrogens with one attached hydrogen (secondary N) is 1. The van der Waals surface area contributed by atoms with E-state index < -0.39 is 0 Å². The fourth-order valence-corrected chi connectivity index (χ4v) is 4.43. The van der Waals surface area contributed by atoms with Crippen molar-refractivity contribution in [2.24, 2.45) is 11.8 Å². The minimum absolute atomic E-state index is 0.00817. The van der Waals surface area contributed by atoms with E-state index in [0.29, 0.717) is 5.92 Å². The summed E-state index contributed by atoms with van der Waals surface area (Å²) in [6.07, 6.45) is 0. The van der Waals surface area contributed by atoms with Crippen LogP contribution in [0, 0.1) is 11.8 Å². The number of amides is 1. The van der Waals surface area contributed by atoms with Gasteiger partial charge in [0.25, 0.3) is 4.45 Å². The minimum atomic E-state index is -0.0186. The molecule has 0 aromatic rings. The zero-order valence-electron chi connectivity index (χ0n) is 8.98. The lowest BCUT2D eigenvalue weighted by atomic mass is 9.89. The Balaban J connectivity index is 2.33. The van der Waals surface area contributed by atoms with Crippen molar-refractivity contribution in [3.8, 4) is 0 Å². The van der Waals surface area contributed by atoms with E-state index in [2.05, 4.69) is 5.32 Å². The third-order valence-corrected chi connectivity index (χ3v) is 5.82. The Kier molecular flexibility index (Phi) is 5.35. The van der Waals surface area contributed by atoms with E-state index in [-0.39, 0.29) is 21.6 Å². The molecule has 1 fully saturated rings. The fraction of sp³-hybridized carbons (Fsp3) is 0.778. The van der Waals surface area contributed by atoms with Gasteiger partial charge in [-0.25, -0.2) is 0 Å². The van der Waals surface area contributed by atoms with Gasteiger partial charge in [-0.15, -0.1) is 0 Å². The van der Waals surface area contributed by atoms with Gasteiger partial charge in [-0.05, 0) is 28.5 Å². The molecule has 0 spiro atoms. The topological polar surface area (TPSA) is 46.2 Å². The van der Waals surface area contributed by atoms with Crippen LogP contribution < -0.4 is 5.32 Å². The second-order valence-electron chi connectivity index (χ2n) is 3.56. The van der Waals surface area contributed by atoms with Crippen molar-refractivity contribution in [1.82, 2.24) is 5.32 Å². The molecule has 15 heavy (non-hydrogen) atoms. The molecule has 1 amide bonds. The second kappa shape index (κ2) is 6.06. The lowest BCUT2D eigenvalue weighted by Crippen LogP contribution is -2.58. The van der Waals surface area contributed by atoms with Crippen LogP contribution in [0.5, 0.6) is 0 Å². The van der Waals surface area contributed by atoms with Gasteiger partial charge in [0.2, 0.25) is 5.91 Å². The van der Waals surface area contributed by atoms with Gasteiger partial charge in [-0.2, -0.15) is 0 Å². The highest BCUT2D eigenvalue weighted by Gasteiger charge is 2.42. The molecule has 0 bridgehead atoms. The van der Waals surface area contributed by atoms with Crippen LogP contribution >= 0.6 is 33.3 Å². The van der Waals surface area contributed by atoms with Crippen LogP contribution in [0.15, 0.2) is 0 Å². The van der Waals surface area contributed by atoms with Gasteiger partial charge in [0.05, 0.1) is 11.3 Å². The third-order valence-electron chi connectivity index (χ3n) is 2.10. The maximum Gasteiger partial charge on any atom is 0.258 e. The fourth-order valence-electron chi connectivity index (χ4n) is 1.35. The molecule has 0 aromatic heterocycles. The smallest absolute Gasteiger partial charge is 0.258 e. The second-order valence-corrected chi connectivity index (χ2v) is 7.49. The van der Waals surface area contributed by atoms with Crippen LogP contribution in [0.1, 0.15) is 20.8 Å². The van der Waals surface area contributed by atoms with E-state index in [1.165, 1.54) is 33.3 Å². The number of rotatable bonds is 4. The molecule has 1 aliphatic heterocycles. The summed E-state index contributed by atoms with van der Waals surface area (Å²) in [6.45, 7) is 6.03. The first-order valence-corrected chi connectivity index (χ1v) is 8.06. The summed E-state index contributed by atoms with van der Waals surface area (Å²) in [6, 6.07) is 0. The molecule has 0 saturated carbocycles. The van der Waals surface area contributed by atoms with Gasteiger partial charge >= 0.3 is 0 Å². The summed E-state index contributed by atoms with van der Waals surface area (Å²) in [4.78, 5) is 22.7. The molecule has 1 heterocycles. The van der Waals surface area contributed by atoms with Gasteiger partial charge < -0.3 is 5.32 Å². The van der Waals surface area contributed by atoms with Gasteiger partial charge in [0, 0.05) is 5.75 Å². The van der Waals surface area contributed by atoms with Crippen LogP contribution in [0.3, 0.4) is 0 Å². The summed E-state index contributed by atoms with van der Waals surface area (Å²) in [5.74, 6) is 1.28. The molecule has 0 aromatic carbocycles. The Bertz CT molecular complexity index is 258. The van der Waals surface area contributed by atoms with Crippen molar-refractivity contribution in [3.05, 3.63) is 0 Å². The monoisotopic (exact) mass is 265 g/mol. The maximum atomic E-state index is 11.4. The Morgan fingerprint density at radius 1 is 1.53 bits per heavy atom. The Hall–Kier alpha value is 0.190. The van der Waals surface area contributed by atoms with Gasteiger partial charge in [0.15, 0.2) is 0 Å². The van der Waals surface area contributed by atoms with Crippen molar-refractivity contribution in [2.45, 2.75) is 26.1 Å². The highest BCUT2D eigenvalue weighted by Crippen LogP contribution is 2.37. The van der Waals surface area contributed by atoms with E-state index >= 15 is 0 Å². The number of β-lactam (4-membered cyclic amide) rings is 1. The van der Waals surface area contributed by atoms with E-state index in [9.17, 15) is 9.59 Å². The average molecular weight is 265 g/mol. The summed E-state index contributed by atoms with van der Waals surface area (Å²) >= 11 is 1.24. The van der Waals surface area contributed by atoms with Gasteiger partial charge in [-0.3, -0.25) is 9.59 Å². The van der Waals surface area contributed by atoms with Gasteiger partial charge in [-0.1, -0.05) is 31.6 Å². The Labute approximate surface area is 102 Å². The molecule has 3 nitrogen and oxygen atoms in total. The molecule has 1 N–H and O–H groups in total. The molecule has 1 rings (SSSR count). The average Bonchev–Trinajstić information content (AvgIpc) is 2.12. The first kappa shape index (κ1) is 13.3. The van der Waals surface area contributed by atoms with Crippen LogP contribution in [0.4, 0.5) is 4.79 Å². The number of thioether (sulfide) groups is 1. The van der Waals surface area contributed by atoms with Crippen molar-refractivity contribution < 1.29 is 9.59 Å². The highest BCUT2D eigenvalue weighted by molar-refractivity contribution is 8.85. The maximum absolute atomic E-state index is 11.4. The zero-order chi connectivity index (χ0) is 11.4. The molecule has 1 aliphatic rings. The molecule has 0 radical (unpaired) electrons. The molecule has 2 unspecified atom stereocenters. The summed E-state index contributed by atoms with van der Waals surface area (Å²) in [5.41, 5.74) is 0. The number of hydrogen-bond donors (Lipinski definition) is 1. The predicted octanol–water partition coefficient (Wildman–Crippen LogP) is 2.97. The van der Waals surface area contributed by atoms with Crippen molar-refractivity contribution in [1.29, 1.82) is 0 Å². The quantitative estimate of drug-likeness (QED) is 0.625. The van der Waals surface area contributed by atoms with E-state index in [0.717, 1.165) is 5.75 Å². The molecular weight excluding hydrogens is 250 g/mol. The standard InChI is InChI=1S/C9H15NO2S3/c1-4-13-15-9(12)14-8-6(5(2)3)7(11)10-8/h5-6,8H,4H2,1-3H3,(H,10,11). The highest BCUT2D eigenvalue weighted by atomic mass is 33.1. The molecule has 6 heteroatoms. The lowest BCUT2D eigenvalue weighted by Gasteiger charge is -2.37. The van der Waals surface area contributed by atoms with Crippen molar-refractivity contribution in [2.75, 3.05) is 5.75 Å². The SMILES string of the molecule is CCSSC(=O)SC1NC(=O)C1C(C)C. The van der Waals surface area contributed by atoms with Crippen LogP contribution in [0.25, 0.3) is 0 Å². The Morgan fingerprint density at radius 3 is 2.67 bits per heavy atom. The number of carbonyl (C=O) groups excluding carboxylic acids is 2. The lowest BCUT2D eigenvalue weighted by molar-refractivity contribution is -0.134. The first-order chi connectivity index (χ1) is 7.06. The molecule has 86 valence electrons. The van der Waals surface area contributed by atoms with Crippen LogP contribution in [-0.4, -0.2) is 21.5 Å². The third kappa shape index (κ3) is 3.60. The van der Waals surface area contributed by atoms with Crippen molar-refractivity contribution >= 4 is 43.7 Å². The molecule has 1 saturated heterocycles. The molecule has 2 atom stereocenters. The van der Waals surface area contributed by atoms with Gasteiger partial charge in [0.1, 0.15) is 0 Å². The summed E-state index contributed by atoms with van der Waals surface area (Å²) in [7, 11) is 2.80. The van der Waals surface area contributed by atoms with Crippen molar-refractivity contribution in [3.63, 3.8) is 0 Å². The molecule has 0 aliphatic carbocycles. The van der Waals surface area contributed by atoms with E-state index in [4.69, 9.17) is 0 Å². The number of hydrogen-bond acceptors (Lipinski definition) is 5. The Morgan fingerprint density at radius 2 is 2.20 bits per heavy atom. The van der Waals surface area contributed by atoms with E-state index in [1.807, 2.05) is 20.8 Å². The first-order valence-electron chi connectivity index (χ1n) is 4.86. The zero-order valence-corrected chi connectivity index (χ0v) is 11.4. The number of carbonyl (C=O) groups is 2. The van der Waals surface area contributed by atoms with Crippen LogP contribution in [-0.2, 0) is 4.79 Å². The normalized spacial score (nSPS) is 24.9.